The minimum atomic E-state index is -3.49. The molecule has 1 aromatic carbocycles. The minimum Gasteiger partial charge on any atom is -0.444 e. The van der Waals surface area contributed by atoms with Crippen molar-refractivity contribution in [2.45, 2.75) is 71.6 Å². The highest BCUT2D eigenvalue weighted by atomic mass is 32.2. The third-order valence-corrected chi connectivity index (χ3v) is 5.39. The molecule has 1 aliphatic rings. The SMILES string of the molecule is Cc1ccc(CNC(=O)OC(C)(C)C)c(/C=C/S(=O)(=O)NC2CCCC2)c1. The van der Waals surface area contributed by atoms with Gasteiger partial charge in [-0.3, -0.25) is 0 Å². The number of nitrogens with one attached hydrogen (secondary N) is 2. The number of hydrogen-bond donors (Lipinski definition) is 2. The molecule has 0 atom stereocenters. The first-order valence-corrected chi connectivity index (χ1v) is 10.9. The Kier molecular flexibility index (Phi) is 7.06. The van der Waals surface area contributed by atoms with Crippen LogP contribution in [0.15, 0.2) is 23.6 Å². The first-order valence-electron chi connectivity index (χ1n) is 9.31. The van der Waals surface area contributed by atoms with Crippen LogP contribution < -0.4 is 10.0 Å². The van der Waals surface area contributed by atoms with Crippen molar-refractivity contribution >= 4 is 22.2 Å². The molecule has 2 rings (SSSR count). The van der Waals surface area contributed by atoms with Crippen LogP contribution in [0.3, 0.4) is 0 Å². The van der Waals surface area contributed by atoms with Crippen molar-refractivity contribution in [2.75, 3.05) is 0 Å². The third-order valence-electron chi connectivity index (χ3n) is 4.24. The molecule has 0 bridgehead atoms. The Labute approximate surface area is 162 Å². The number of sulfonamides is 1. The number of benzene rings is 1. The standard InChI is InChI=1S/C20H30N2O4S/c1-15-9-10-17(14-21-19(23)26-20(2,3)4)16(13-15)11-12-27(24,25)22-18-7-5-6-8-18/h9-13,18,22H,5-8,14H2,1-4H3,(H,21,23)/b12-11+. The van der Waals surface area contributed by atoms with Crippen LogP contribution in [0, 0.1) is 6.92 Å². The summed E-state index contributed by atoms with van der Waals surface area (Å²) in [6, 6.07) is 5.73. The van der Waals surface area contributed by atoms with Crippen LogP contribution in [0.1, 0.15) is 63.1 Å². The highest BCUT2D eigenvalue weighted by molar-refractivity contribution is 7.92. The fourth-order valence-electron chi connectivity index (χ4n) is 2.99. The zero-order valence-electron chi connectivity index (χ0n) is 16.5. The molecule has 0 aromatic heterocycles. The van der Waals surface area contributed by atoms with Crippen LogP contribution in [0.25, 0.3) is 6.08 Å². The summed E-state index contributed by atoms with van der Waals surface area (Å²) < 4.78 is 32.6. The van der Waals surface area contributed by atoms with Crippen molar-refractivity contribution in [3.63, 3.8) is 0 Å². The van der Waals surface area contributed by atoms with E-state index >= 15 is 0 Å². The van der Waals surface area contributed by atoms with Crippen LogP contribution in [0.2, 0.25) is 0 Å². The van der Waals surface area contributed by atoms with Crippen LogP contribution in [0.5, 0.6) is 0 Å². The Bertz CT molecular complexity index is 789. The Morgan fingerprint density at radius 1 is 1.26 bits per heavy atom. The Balaban J connectivity index is 2.07. The van der Waals surface area contributed by atoms with Gasteiger partial charge in [-0.05, 0) is 57.7 Å². The molecule has 6 nitrogen and oxygen atoms in total. The molecule has 1 fully saturated rings. The van der Waals surface area contributed by atoms with Crippen molar-refractivity contribution < 1.29 is 17.9 Å². The number of aryl methyl sites for hydroxylation is 1. The van der Waals surface area contributed by atoms with Crippen molar-refractivity contribution in [1.82, 2.24) is 10.0 Å². The number of alkyl carbamates (subject to hydrolysis) is 1. The van der Waals surface area contributed by atoms with Crippen LogP contribution in [0.4, 0.5) is 4.79 Å². The smallest absolute Gasteiger partial charge is 0.407 e. The summed E-state index contributed by atoms with van der Waals surface area (Å²) in [6.07, 6.45) is 4.99. The highest BCUT2D eigenvalue weighted by Gasteiger charge is 2.19. The van der Waals surface area contributed by atoms with E-state index in [0.29, 0.717) is 0 Å². The summed E-state index contributed by atoms with van der Waals surface area (Å²) in [6.45, 7) is 7.59. The second kappa shape index (κ2) is 8.89. The lowest BCUT2D eigenvalue weighted by Crippen LogP contribution is -2.32. The normalized spacial score (nSPS) is 16.0. The third kappa shape index (κ3) is 7.72. The lowest BCUT2D eigenvalue weighted by atomic mass is 10.0. The average molecular weight is 395 g/mol. The van der Waals surface area contributed by atoms with E-state index in [9.17, 15) is 13.2 Å². The predicted molar refractivity (Wildman–Crippen MR) is 108 cm³/mol. The Morgan fingerprint density at radius 2 is 1.93 bits per heavy atom. The van der Waals surface area contributed by atoms with Gasteiger partial charge in [0.05, 0.1) is 0 Å². The monoisotopic (exact) mass is 394 g/mol. The fraction of sp³-hybridized carbons (Fsp3) is 0.550. The van der Waals surface area contributed by atoms with Crippen molar-refractivity contribution in [3.05, 3.63) is 40.3 Å². The second-order valence-electron chi connectivity index (χ2n) is 8.00. The maximum Gasteiger partial charge on any atom is 0.407 e. The van der Waals surface area contributed by atoms with Gasteiger partial charge in [0.15, 0.2) is 0 Å². The number of ether oxygens (including phenoxy) is 1. The van der Waals surface area contributed by atoms with Crippen LogP contribution in [-0.2, 0) is 21.3 Å². The summed E-state index contributed by atoms with van der Waals surface area (Å²) in [7, 11) is -3.49. The fourth-order valence-corrected chi connectivity index (χ4v) is 4.09. The molecule has 0 saturated heterocycles. The van der Waals surface area contributed by atoms with Crippen molar-refractivity contribution in [2.24, 2.45) is 0 Å². The molecule has 1 saturated carbocycles. The van der Waals surface area contributed by atoms with E-state index in [1.807, 2.05) is 25.1 Å². The van der Waals surface area contributed by atoms with Gasteiger partial charge in [-0.15, -0.1) is 0 Å². The topological polar surface area (TPSA) is 84.5 Å². The van der Waals surface area contributed by atoms with Crippen molar-refractivity contribution in [1.29, 1.82) is 0 Å². The second-order valence-corrected chi connectivity index (χ2v) is 9.60. The average Bonchev–Trinajstić information content (AvgIpc) is 3.02. The minimum absolute atomic E-state index is 0.0328. The summed E-state index contributed by atoms with van der Waals surface area (Å²) in [5.74, 6) is 0. The summed E-state index contributed by atoms with van der Waals surface area (Å²) in [4.78, 5) is 11.9. The molecule has 0 radical (unpaired) electrons. The quantitative estimate of drug-likeness (QED) is 0.767. The molecule has 1 aromatic rings. The maximum absolute atomic E-state index is 12.3. The lowest BCUT2D eigenvalue weighted by Gasteiger charge is -2.20. The lowest BCUT2D eigenvalue weighted by molar-refractivity contribution is 0.0523. The van der Waals surface area contributed by atoms with E-state index in [1.54, 1.807) is 26.8 Å². The summed E-state index contributed by atoms with van der Waals surface area (Å²) in [5.41, 5.74) is 2.01. The summed E-state index contributed by atoms with van der Waals surface area (Å²) >= 11 is 0. The molecule has 27 heavy (non-hydrogen) atoms. The molecular weight excluding hydrogens is 364 g/mol. The van der Waals surface area contributed by atoms with E-state index < -0.39 is 21.7 Å². The molecule has 7 heteroatoms. The largest absolute Gasteiger partial charge is 0.444 e. The first kappa shape index (κ1) is 21.4. The first-order chi connectivity index (χ1) is 12.5. The van der Waals surface area contributed by atoms with Gasteiger partial charge >= 0.3 is 6.09 Å². The van der Waals surface area contributed by atoms with Gasteiger partial charge < -0.3 is 10.1 Å². The molecular formula is C20H30N2O4S. The summed E-state index contributed by atoms with van der Waals surface area (Å²) in [5, 5.41) is 3.92. The molecule has 0 spiro atoms. The number of rotatable bonds is 6. The highest BCUT2D eigenvalue weighted by Crippen LogP contribution is 2.19. The Hall–Kier alpha value is -1.86. The maximum atomic E-state index is 12.3. The van der Waals surface area contributed by atoms with Gasteiger partial charge in [-0.1, -0.05) is 36.6 Å². The number of amides is 1. The van der Waals surface area contributed by atoms with Gasteiger partial charge in [0, 0.05) is 18.0 Å². The van der Waals surface area contributed by atoms with Crippen LogP contribution >= 0.6 is 0 Å². The van der Waals surface area contributed by atoms with E-state index in [2.05, 4.69) is 10.0 Å². The molecule has 0 unspecified atom stereocenters. The van der Waals surface area contributed by atoms with E-state index in [0.717, 1.165) is 42.4 Å². The molecule has 1 aliphatic carbocycles. The molecule has 2 N–H and O–H groups in total. The van der Waals surface area contributed by atoms with Crippen LogP contribution in [-0.4, -0.2) is 26.2 Å². The van der Waals surface area contributed by atoms with Gasteiger partial charge in [0.2, 0.25) is 10.0 Å². The van der Waals surface area contributed by atoms with Crippen molar-refractivity contribution in [3.8, 4) is 0 Å². The molecule has 150 valence electrons. The van der Waals surface area contributed by atoms with Gasteiger partial charge in [-0.2, -0.15) is 0 Å². The number of carbonyl (C=O) groups excluding carboxylic acids is 1. The van der Waals surface area contributed by atoms with E-state index in [1.165, 1.54) is 5.41 Å². The van der Waals surface area contributed by atoms with Gasteiger partial charge in [-0.25, -0.2) is 17.9 Å². The van der Waals surface area contributed by atoms with Gasteiger partial charge in [0.1, 0.15) is 5.60 Å². The van der Waals surface area contributed by atoms with E-state index in [-0.39, 0.29) is 12.6 Å². The number of hydrogen-bond acceptors (Lipinski definition) is 4. The molecule has 0 aliphatic heterocycles. The van der Waals surface area contributed by atoms with E-state index in [4.69, 9.17) is 4.74 Å². The predicted octanol–water partition coefficient (Wildman–Crippen LogP) is 3.85. The molecule has 1 amide bonds. The number of carbonyl (C=O) groups is 1. The Morgan fingerprint density at radius 3 is 2.56 bits per heavy atom. The molecule has 0 heterocycles. The van der Waals surface area contributed by atoms with Gasteiger partial charge in [0.25, 0.3) is 0 Å². The zero-order valence-corrected chi connectivity index (χ0v) is 17.4. The zero-order chi connectivity index (χ0) is 20.1.